The molecule has 0 saturated heterocycles. The van der Waals surface area contributed by atoms with E-state index in [4.69, 9.17) is 67.5 Å². The number of imide groups is 1. The summed E-state index contributed by atoms with van der Waals surface area (Å²) in [6.45, 7) is 1.25. The van der Waals surface area contributed by atoms with Gasteiger partial charge >= 0.3 is 12.2 Å². The Hall–Kier alpha value is -1.16. The Balaban J connectivity index is 2.17. The maximum atomic E-state index is 12.3. The average molecular weight is 523 g/mol. The number of carbonyl (C=O) groups is 2. The number of nitrogens with zero attached hydrogens (tertiary/aromatic N) is 2. The molecule has 0 radical (unpaired) electrons. The van der Waals surface area contributed by atoms with Gasteiger partial charge in [0.05, 0.1) is 12.8 Å². The van der Waals surface area contributed by atoms with Gasteiger partial charge in [-0.3, -0.25) is 0 Å². The van der Waals surface area contributed by atoms with Crippen LogP contribution >= 0.6 is 69.3 Å². The lowest BCUT2D eigenvalue weighted by Crippen LogP contribution is -2.39. The van der Waals surface area contributed by atoms with Crippen molar-refractivity contribution in [2.45, 2.75) is 17.3 Å². The van der Waals surface area contributed by atoms with Gasteiger partial charge in [-0.05, 0) is 30.7 Å². The highest BCUT2D eigenvalue weighted by atomic mass is 35.6. The lowest BCUT2D eigenvalue weighted by Gasteiger charge is -2.22. The molecular formula is C16H13Cl5N2O5S. The smallest absolute Gasteiger partial charge is 0.424 e. The van der Waals surface area contributed by atoms with Crippen LogP contribution in [-0.4, -0.2) is 34.7 Å². The number of thiazole rings is 1. The number of ether oxygens (including phenoxy) is 3. The van der Waals surface area contributed by atoms with Gasteiger partial charge in [0.25, 0.3) is 0 Å². The molecule has 7 nitrogen and oxygen atoms in total. The van der Waals surface area contributed by atoms with Crippen LogP contribution in [0.25, 0.3) is 0 Å². The average Bonchev–Trinajstić information content (AvgIpc) is 2.97. The molecule has 2 aromatic rings. The fraction of sp³-hybridized carbons (Fsp3) is 0.312. The van der Waals surface area contributed by atoms with E-state index in [1.165, 1.54) is 17.4 Å². The molecule has 2 rings (SSSR count). The predicted octanol–water partition coefficient (Wildman–Crippen LogP) is 6.42. The maximum absolute atomic E-state index is 12.3. The van der Waals surface area contributed by atoms with Crippen molar-refractivity contribution < 1.29 is 23.8 Å². The number of hydrogen-bond donors (Lipinski definition) is 0. The maximum Gasteiger partial charge on any atom is 0.424 e. The molecule has 1 heterocycles. The van der Waals surface area contributed by atoms with Gasteiger partial charge in [-0.15, -0.1) is 11.3 Å². The zero-order valence-corrected chi connectivity index (χ0v) is 19.5. The van der Waals surface area contributed by atoms with Crippen LogP contribution in [0.15, 0.2) is 18.2 Å². The highest BCUT2D eigenvalue weighted by Crippen LogP contribution is 2.31. The van der Waals surface area contributed by atoms with Gasteiger partial charge in [-0.2, -0.15) is 4.90 Å². The number of alkyl halides is 3. The van der Waals surface area contributed by atoms with Gasteiger partial charge in [0.2, 0.25) is 3.79 Å². The molecule has 158 valence electrons. The summed E-state index contributed by atoms with van der Waals surface area (Å²) in [5, 5.41) is 0.803. The summed E-state index contributed by atoms with van der Waals surface area (Å²) in [6.07, 6.45) is -2.03. The summed E-state index contributed by atoms with van der Waals surface area (Å²) in [5.74, 6) is 0.466. The first-order chi connectivity index (χ1) is 13.5. The van der Waals surface area contributed by atoms with E-state index in [0.717, 1.165) is 7.11 Å². The van der Waals surface area contributed by atoms with Gasteiger partial charge in [-0.25, -0.2) is 14.6 Å². The first kappa shape index (κ1) is 24.1. The van der Waals surface area contributed by atoms with Crippen LogP contribution < -0.4 is 9.64 Å². The number of benzene rings is 1. The largest absolute Gasteiger partial charge is 0.486 e. The minimum Gasteiger partial charge on any atom is -0.486 e. The van der Waals surface area contributed by atoms with Crippen molar-refractivity contribution in [2.24, 2.45) is 0 Å². The van der Waals surface area contributed by atoms with Gasteiger partial charge in [0, 0.05) is 0 Å². The quantitative estimate of drug-likeness (QED) is 0.422. The van der Waals surface area contributed by atoms with E-state index in [9.17, 15) is 9.59 Å². The van der Waals surface area contributed by atoms with E-state index in [1.807, 2.05) is 0 Å². The Kier molecular flexibility index (Phi) is 8.51. The molecule has 2 amide bonds. The molecule has 1 aromatic heterocycles. The first-order valence-electron chi connectivity index (χ1n) is 7.67. The van der Waals surface area contributed by atoms with E-state index < -0.39 is 22.6 Å². The summed E-state index contributed by atoms with van der Waals surface area (Å²) >= 11 is 29.6. The summed E-state index contributed by atoms with van der Waals surface area (Å²) in [5.41, 5.74) is 0.729. The van der Waals surface area contributed by atoms with Crippen LogP contribution in [0.3, 0.4) is 0 Å². The minimum absolute atomic E-state index is 0.141. The number of halogens is 5. The zero-order chi connectivity index (χ0) is 21.8. The van der Waals surface area contributed by atoms with Crippen molar-refractivity contribution in [2.75, 3.05) is 18.6 Å². The van der Waals surface area contributed by atoms with E-state index in [0.29, 0.717) is 25.6 Å². The summed E-state index contributed by atoms with van der Waals surface area (Å²) in [7, 11) is 1.12. The molecule has 1 aromatic carbocycles. The third-order valence-electron chi connectivity index (χ3n) is 3.26. The number of amides is 2. The highest BCUT2D eigenvalue weighted by molar-refractivity contribution is 7.16. The molecule has 0 atom stereocenters. The monoisotopic (exact) mass is 520 g/mol. The molecular weight excluding hydrogens is 510 g/mol. The number of methoxy groups -OCH3 is 1. The zero-order valence-electron chi connectivity index (χ0n) is 14.9. The van der Waals surface area contributed by atoms with E-state index >= 15 is 0 Å². The van der Waals surface area contributed by atoms with Crippen LogP contribution in [-0.2, 0) is 16.1 Å². The topological polar surface area (TPSA) is 78.0 Å². The van der Waals surface area contributed by atoms with Crippen LogP contribution in [0.1, 0.15) is 10.6 Å². The molecule has 0 bridgehead atoms. The Morgan fingerprint density at radius 2 is 1.90 bits per heavy atom. The van der Waals surface area contributed by atoms with Crippen molar-refractivity contribution >= 4 is 87.2 Å². The molecule has 0 aliphatic rings. The molecule has 0 spiro atoms. The first-order valence-corrected chi connectivity index (χ1v) is 10.4. The van der Waals surface area contributed by atoms with E-state index in [2.05, 4.69) is 9.72 Å². The van der Waals surface area contributed by atoms with E-state index in [1.54, 1.807) is 19.1 Å². The third kappa shape index (κ3) is 6.94. The summed E-state index contributed by atoms with van der Waals surface area (Å²) < 4.78 is 13.7. The molecule has 0 fully saturated rings. The standard InChI is InChI=1S/C16H13Cl5N2O5S/c1-8-5-9(27-6-11-22-12(17)13(18)29-11)3-4-10(8)23(14(24)26-2)15(25)28-7-16(19,20)21/h3-5H,6-7H2,1-2H3. The van der Waals surface area contributed by atoms with Crippen molar-refractivity contribution in [1.82, 2.24) is 4.98 Å². The molecule has 29 heavy (non-hydrogen) atoms. The Labute approximate surface area is 195 Å². The number of rotatable bonds is 5. The van der Waals surface area contributed by atoms with Gasteiger partial charge in [0.1, 0.15) is 28.3 Å². The van der Waals surface area contributed by atoms with Crippen LogP contribution in [0.4, 0.5) is 15.3 Å². The number of carbonyl (C=O) groups excluding carboxylic acids is 2. The second-order valence-corrected chi connectivity index (χ2v) is 9.94. The minimum atomic E-state index is -1.83. The molecule has 0 N–H and O–H groups in total. The summed E-state index contributed by atoms with van der Waals surface area (Å²) in [6, 6.07) is 4.65. The Morgan fingerprint density at radius 3 is 2.41 bits per heavy atom. The lowest BCUT2D eigenvalue weighted by molar-refractivity contribution is 0.145. The number of aryl methyl sites for hydroxylation is 1. The molecule has 0 aliphatic carbocycles. The van der Waals surface area contributed by atoms with Gasteiger partial charge in [0.15, 0.2) is 5.15 Å². The normalized spacial score (nSPS) is 11.1. The molecule has 0 saturated carbocycles. The third-order valence-corrected chi connectivity index (χ3v) is 5.30. The Morgan fingerprint density at radius 1 is 1.21 bits per heavy atom. The van der Waals surface area contributed by atoms with E-state index in [-0.39, 0.29) is 17.4 Å². The fourth-order valence-electron chi connectivity index (χ4n) is 2.07. The van der Waals surface area contributed by atoms with Gasteiger partial charge in [-0.1, -0.05) is 58.0 Å². The van der Waals surface area contributed by atoms with Crippen molar-refractivity contribution in [3.63, 3.8) is 0 Å². The van der Waals surface area contributed by atoms with Crippen LogP contribution in [0.5, 0.6) is 5.75 Å². The second kappa shape index (κ2) is 10.2. The van der Waals surface area contributed by atoms with Crippen molar-refractivity contribution in [3.05, 3.63) is 38.3 Å². The van der Waals surface area contributed by atoms with Crippen molar-refractivity contribution in [3.8, 4) is 5.75 Å². The number of hydrogen-bond acceptors (Lipinski definition) is 7. The SMILES string of the molecule is COC(=O)N(C(=O)OCC(Cl)(Cl)Cl)c1ccc(OCc2nc(Cl)c(Cl)s2)cc1C. The Bertz CT molecular complexity index is 883. The van der Waals surface area contributed by atoms with Gasteiger partial charge < -0.3 is 14.2 Å². The van der Waals surface area contributed by atoms with Crippen LogP contribution in [0.2, 0.25) is 9.49 Å². The number of anilines is 1. The molecule has 0 unspecified atom stereocenters. The predicted molar refractivity (Wildman–Crippen MR) is 114 cm³/mol. The second-order valence-electron chi connectivity index (χ2n) is 5.38. The number of aromatic nitrogens is 1. The summed E-state index contributed by atoms with van der Waals surface area (Å²) in [4.78, 5) is 29.2. The fourth-order valence-corrected chi connectivity index (χ4v) is 3.40. The molecule has 13 heteroatoms. The lowest BCUT2D eigenvalue weighted by atomic mass is 10.2. The van der Waals surface area contributed by atoms with Crippen molar-refractivity contribution in [1.29, 1.82) is 0 Å². The molecule has 0 aliphatic heterocycles. The highest BCUT2D eigenvalue weighted by Gasteiger charge is 2.30. The van der Waals surface area contributed by atoms with Crippen LogP contribution in [0, 0.1) is 6.92 Å².